The van der Waals surface area contributed by atoms with Crippen molar-refractivity contribution in [3.63, 3.8) is 0 Å². The molecule has 2 aromatic carbocycles. The summed E-state index contributed by atoms with van der Waals surface area (Å²) in [6.07, 6.45) is 3.57. The second-order valence-electron chi connectivity index (χ2n) is 8.58. The van der Waals surface area contributed by atoms with E-state index in [1.54, 1.807) is 17.0 Å². The number of likely N-dealkylation sites (tertiary alicyclic amines) is 1. The van der Waals surface area contributed by atoms with E-state index in [2.05, 4.69) is 0 Å². The highest BCUT2D eigenvalue weighted by molar-refractivity contribution is 5.84. The molecule has 4 rings (SSSR count). The third kappa shape index (κ3) is 4.26. The van der Waals surface area contributed by atoms with Gasteiger partial charge in [0, 0.05) is 30.2 Å². The van der Waals surface area contributed by atoms with Crippen LogP contribution in [0, 0.1) is 5.82 Å². The minimum Gasteiger partial charge on any atom is -0.444 e. The van der Waals surface area contributed by atoms with Crippen LogP contribution in [-0.4, -0.2) is 39.5 Å². The van der Waals surface area contributed by atoms with Crippen LogP contribution in [0.5, 0.6) is 0 Å². The number of carbonyl (C=O) groups is 1. The standard InChI is InChI=1S/C23H26FN3O2/c1-23(2,3)29-22(28)26-12-6-7-18(15-26)27-14-17-13-16(10-11-21(17)25-27)19-8-4-5-9-20(19)24/h4-5,8-11,13-14,18H,6-7,12,15H2,1-3H3. The number of amides is 1. The van der Waals surface area contributed by atoms with Crippen LogP contribution in [-0.2, 0) is 4.74 Å². The van der Waals surface area contributed by atoms with Crippen LogP contribution >= 0.6 is 0 Å². The van der Waals surface area contributed by atoms with E-state index in [-0.39, 0.29) is 18.0 Å². The fraction of sp³-hybridized carbons (Fsp3) is 0.391. The number of carbonyl (C=O) groups excluding carboxylic acids is 1. The summed E-state index contributed by atoms with van der Waals surface area (Å²) in [6.45, 7) is 6.89. The Morgan fingerprint density at radius 3 is 2.76 bits per heavy atom. The molecule has 0 N–H and O–H groups in total. The van der Waals surface area contributed by atoms with Crippen LogP contribution in [0.4, 0.5) is 9.18 Å². The van der Waals surface area contributed by atoms with Crippen LogP contribution in [0.1, 0.15) is 39.7 Å². The summed E-state index contributed by atoms with van der Waals surface area (Å²) in [6, 6.07) is 12.6. The summed E-state index contributed by atoms with van der Waals surface area (Å²) < 4.78 is 21.6. The molecule has 1 unspecified atom stereocenters. The van der Waals surface area contributed by atoms with E-state index in [0.29, 0.717) is 18.7 Å². The normalized spacial score (nSPS) is 17.5. The van der Waals surface area contributed by atoms with Crippen molar-refractivity contribution in [2.75, 3.05) is 13.1 Å². The molecule has 0 bridgehead atoms. The number of halogens is 1. The van der Waals surface area contributed by atoms with E-state index in [1.807, 2.05) is 55.9 Å². The zero-order chi connectivity index (χ0) is 20.6. The Kier molecular flexibility index (Phi) is 5.03. The fourth-order valence-corrected chi connectivity index (χ4v) is 3.76. The maximum Gasteiger partial charge on any atom is 0.410 e. The first kappa shape index (κ1) is 19.4. The van der Waals surface area contributed by atoms with E-state index < -0.39 is 5.60 Å². The van der Waals surface area contributed by atoms with Gasteiger partial charge in [-0.05, 0) is 57.4 Å². The lowest BCUT2D eigenvalue weighted by molar-refractivity contribution is 0.0168. The van der Waals surface area contributed by atoms with Crippen molar-refractivity contribution in [3.8, 4) is 11.1 Å². The molecule has 1 amide bonds. The van der Waals surface area contributed by atoms with Crippen molar-refractivity contribution < 1.29 is 13.9 Å². The minimum absolute atomic E-state index is 0.0978. The number of fused-ring (bicyclic) bond motifs is 1. The Hall–Kier alpha value is -2.89. The Balaban J connectivity index is 1.56. The quantitative estimate of drug-likeness (QED) is 0.582. The molecule has 152 valence electrons. The first-order chi connectivity index (χ1) is 13.8. The van der Waals surface area contributed by atoms with Gasteiger partial charge in [0.05, 0.1) is 11.6 Å². The van der Waals surface area contributed by atoms with Gasteiger partial charge in [-0.15, -0.1) is 0 Å². The third-order valence-corrected chi connectivity index (χ3v) is 5.13. The van der Waals surface area contributed by atoms with E-state index >= 15 is 0 Å². The molecule has 1 saturated heterocycles. The monoisotopic (exact) mass is 395 g/mol. The van der Waals surface area contributed by atoms with Gasteiger partial charge in [0.1, 0.15) is 11.4 Å². The van der Waals surface area contributed by atoms with Crippen molar-refractivity contribution >= 4 is 17.0 Å². The summed E-state index contributed by atoms with van der Waals surface area (Å²) in [5.41, 5.74) is 1.76. The molecule has 1 fully saturated rings. The molecule has 1 aromatic heterocycles. The Bertz CT molecular complexity index is 1040. The molecule has 0 spiro atoms. The maximum atomic E-state index is 14.1. The van der Waals surface area contributed by atoms with Gasteiger partial charge in [-0.1, -0.05) is 24.3 Å². The molecule has 5 nitrogen and oxygen atoms in total. The smallest absolute Gasteiger partial charge is 0.410 e. The van der Waals surface area contributed by atoms with E-state index in [9.17, 15) is 9.18 Å². The average molecular weight is 395 g/mol. The van der Waals surface area contributed by atoms with Gasteiger partial charge in [-0.2, -0.15) is 5.10 Å². The molecule has 0 radical (unpaired) electrons. The second-order valence-corrected chi connectivity index (χ2v) is 8.58. The molecule has 29 heavy (non-hydrogen) atoms. The zero-order valence-corrected chi connectivity index (χ0v) is 17.1. The molecule has 6 heteroatoms. The highest BCUT2D eigenvalue weighted by Gasteiger charge is 2.28. The molecule has 3 aromatic rings. The van der Waals surface area contributed by atoms with Gasteiger partial charge in [0.25, 0.3) is 0 Å². The van der Waals surface area contributed by atoms with E-state index in [0.717, 1.165) is 29.3 Å². The summed E-state index contributed by atoms with van der Waals surface area (Å²) in [5, 5.41) is 5.66. The number of benzene rings is 2. The van der Waals surface area contributed by atoms with Gasteiger partial charge in [-0.3, -0.25) is 4.68 Å². The van der Waals surface area contributed by atoms with Crippen molar-refractivity contribution in [1.29, 1.82) is 0 Å². The lowest BCUT2D eigenvalue weighted by Crippen LogP contribution is -2.43. The molecule has 0 saturated carbocycles. The van der Waals surface area contributed by atoms with Crippen LogP contribution in [0.3, 0.4) is 0 Å². The predicted molar refractivity (Wildman–Crippen MR) is 111 cm³/mol. The first-order valence-corrected chi connectivity index (χ1v) is 10.0. The number of nitrogens with zero attached hydrogens (tertiary/aromatic N) is 3. The molecular formula is C23H26FN3O2. The second kappa shape index (κ2) is 7.50. The summed E-state index contributed by atoms with van der Waals surface area (Å²) >= 11 is 0. The SMILES string of the molecule is CC(C)(C)OC(=O)N1CCCC(n2cc3cc(-c4ccccc4F)ccc3n2)C1. The topological polar surface area (TPSA) is 47.4 Å². The molecule has 2 heterocycles. The highest BCUT2D eigenvalue weighted by atomic mass is 19.1. The van der Waals surface area contributed by atoms with Crippen LogP contribution in [0.25, 0.3) is 22.0 Å². The maximum absolute atomic E-state index is 14.1. The van der Waals surface area contributed by atoms with E-state index in [4.69, 9.17) is 9.84 Å². The van der Waals surface area contributed by atoms with E-state index in [1.165, 1.54) is 6.07 Å². The number of rotatable bonds is 2. The van der Waals surface area contributed by atoms with Gasteiger partial charge in [0.2, 0.25) is 0 Å². The molecule has 1 aliphatic heterocycles. The summed E-state index contributed by atoms with van der Waals surface area (Å²) in [5.74, 6) is -0.237. The lowest BCUT2D eigenvalue weighted by Gasteiger charge is -2.34. The Labute approximate surface area is 170 Å². The van der Waals surface area contributed by atoms with Crippen LogP contribution < -0.4 is 0 Å². The number of hydrogen-bond donors (Lipinski definition) is 0. The Morgan fingerprint density at radius 1 is 1.21 bits per heavy atom. The zero-order valence-electron chi connectivity index (χ0n) is 17.1. The molecule has 1 aliphatic rings. The van der Waals surface area contributed by atoms with Crippen molar-refractivity contribution in [2.45, 2.75) is 45.3 Å². The number of hydrogen-bond acceptors (Lipinski definition) is 3. The van der Waals surface area contributed by atoms with Gasteiger partial charge < -0.3 is 9.64 Å². The molecule has 0 aliphatic carbocycles. The van der Waals surface area contributed by atoms with Crippen molar-refractivity contribution in [1.82, 2.24) is 14.7 Å². The van der Waals surface area contributed by atoms with Gasteiger partial charge in [-0.25, -0.2) is 9.18 Å². The van der Waals surface area contributed by atoms with Gasteiger partial charge in [0.15, 0.2) is 0 Å². The van der Waals surface area contributed by atoms with Crippen LogP contribution in [0.15, 0.2) is 48.7 Å². The average Bonchev–Trinajstić information content (AvgIpc) is 3.10. The van der Waals surface area contributed by atoms with Crippen molar-refractivity contribution in [2.24, 2.45) is 0 Å². The van der Waals surface area contributed by atoms with Crippen LogP contribution in [0.2, 0.25) is 0 Å². The number of aromatic nitrogens is 2. The molecular weight excluding hydrogens is 369 g/mol. The summed E-state index contributed by atoms with van der Waals surface area (Å²) in [4.78, 5) is 14.2. The fourth-order valence-electron chi connectivity index (χ4n) is 3.76. The number of piperidine rings is 1. The predicted octanol–water partition coefficient (Wildman–Crippen LogP) is 5.41. The largest absolute Gasteiger partial charge is 0.444 e. The number of ether oxygens (including phenoxy) is 1. The van der Waals surface area contributed by atoms with Gasteiger partial charge >= 0.3 is 6.09 Å². The summed E-state index contributed by atoms with van der Waals surface area (Å²) in [7, 11) is 0. The molecule has 1 atom stereocenters. The van der Waals surface area contributed by atoms with Crippen molar-refractivity contribution in [3.05, 3.63) is 54.5 Å². The third-order valence-electron chi connectivity index (χ3n) is 5.13. The minimum atomic E-state index is -0.506. The lowest BCUT2D eigenvalue weighted by atomic mass is 10.0. The Morgan fingerprint density at radius 2 is 2.00 bits per heavy atom. The first-order valence-electron chi connectivity index (χ1n) is 10.0. The highest BCUT2D eigenvalue weighted by Crippen LogP contribution is 2.28.